The summed E-state index contributed by atoms with van der Waals surface area (Å²) in [6, 6.07) is 0. The second-order valence-corrected chi connectivity index (χ2v) is 4.88. The molecule has 0 aromatic carbocycles. The lowest BCUT2D eigenvalue weighted by Crippen LogP contribution is -2.42. The van der Waals surface area contributed by atoms with Gasteiger partial charge in [-0.15, -0.1) is 0 Å². The van der Waals surface area contributed by atoms with Crippen molar-refractivity contribution in [3.8, 4) is 0 Å². The molecule has 1 fully saturated rings. The van der Waals surface area contributed by atoms with Crippen LogP contribution in [-0.4, -0.2) is 62.0 Å². The van der Waals surface area contributed by atoms with Gasteiger partial charge in [-0.3, -0.25) is 0 Å². The van der Waals surface area contributed by atoms with Crippen LogP contribution in [0.15, 0.2) is 0 Å². The maximum Gasteiger partial charge on any atom is 0.0900 e. The van der Waals surface area contributed by atoms with Crippen molar-refractivity contribution in [2.75, 3.05) is 45.9 Å². The third-order valence-corrected chi connectivity index (χ3v) is 3.35. The van der Waals surface area contributed by atoms with E-state index in [2.05, 4.69) is 17.1 Å². The maximum absolute atomic E-state index is 9.83. The van der Waals surface area contributed by atoms with Gasteiger partial charge in [0.1, 0.15) is 0 Å². The van der Waals surface area contributed by atoms with Crippen LogP contribution in [0.2, 0.25) is 0 Å². The van der Waals surface area contributed by atoms with Crippen molar-refractivity contribution in [2.24, 2.45) is 5.92 Å². The summed E-state index contributed by atoms with van der Waals surface area (Å²) in [5.41, 5.74) is 0. The smallest absolute Gasteiger partial charge is 0.0900 e. The van der Waals surface area contributed by atoms with E-state index < -0.39 is 0 Å². The van der Waals surface area contributed by atoms with Gasteiger partial charge >= 0.3 is 0 Å². The normalized spacial score (nSPS) is 22.9. The van der Waals surface area contributed by atoms with Crippen molar-refractivity contribution < 1.29 is 9.84 Å². The summed E-state index contributed by atoms with van der Waals surface area (Å²) in [6.07, 6.45) is 2.24. The summed E-state index contributed by atoms with van der Waals surface area (Å²) in [7, 11) is 0. The highest BCUT2D eigenvalue weighted by atomic mass is 16.5. The summed E-state index contributed by atoms with van der Waals surface area (Å²) < 4.78 is 5.24. The molecule has 17 heavy (non-hydrogen) atoms. The van der Waals surface area contributed by atoms with E-state index in [0.29, 0.717) is 13.2 Å². The molecule has 102 valence electrons. The van der Waals surface area contributed by atoms with Gasteiger partial charge in [0.05, 0.1) is 12.7 Å². The lowest BCUT2D eigenvalue weighted by molar-refractivity contribution is 0.0187. The van der Waals surface area contributed by atoms with Gasteiger partial charge in [0.2, 0.25) is 0 Å². The van der Waals surface area contributed by atoms with Crippen LogP contribution in [-0.2, 0) is 4.74 Å². The van der Waals surface area contributed by atoms with Crippen molar-refractivity contribution in [2.45, 2.75) is 32.8 Å². The van der Waals surface area contributed by atoms with E-state index in [1.165, 1.54) is 12.8 Å². The molecule has 4 nitrogen and oxygen atoms in total. The summed E-state index contributed by atoms with van der Waals surface area (Å²) in [5.74, 6) is 0.739. The second kappa shape index (κ2) is 8.86. The first-order valence-corrected chi connectivity index (χ1v) is 6.95. The Hall–Kier alpha value is -0.160. The van der Waals surface area contributed by atoms with Gasteiger partial charge in [-0.05, 0) is 45.3 Å². The SMILES string of the molecule is CCOCC(O)CN(CC)CC1CCCNC1. The molecule has 0 aliphatic carbocycles. The Morgan fingerprint density at radius 1 is 1.47 bits per heavy atom. The van der Waals surface area contributed by atoms with Crippen molar-refractivity contribution in [3.05, 3.63) is 0 Å². The molecule has 0 aromatic rings. The van der Waals surface area contributed by atoms with E-state index in [9.17, 15) is 5.11 Å². The van der Waals surface area contributed by atoms with E-state index in [1.54, 1.807) is 0 Å². The molecule has 2 N–H and O–H groups in total. The summed E-state index contributed by atoms with van der Waals surface area (Å²) in [4.78, 5) is 2.33. The Labute approximate surface area is 105 Å². The average Bonchev–Trinajstić information content (AvgIpc) is 2.36. The number of aliphatic hydroxyl groups excluding tert-OH is 1. The number of nitrogens with zero attached hydrogens (tertiary/aromatic N) is 1. The quantitative estimate of drug-likeness (QED) is 0.660. The lowest BCUT2D eigenvalue weighted by Gasteiger charge is -2.30. The Morgan fingerprint density at radius 2 is 2.29 bits per heavy atom. The van der Waals surface area contributed by atoms with Gasteiger partial charge < -0.3 is 20.1 Å². The Morgan fingerprint density at radius 3 is 2.88 bits per heavy atom. The average molecular weight is 244 g/mol. The van der Waals surface area contributed by atoms with Crippen molar-refractivity contribution in [1.82, 2.24) is 10.2 Å². The highest BCUT2D eigenvalue weighted by Crippen LogP contribution is 2.11. The molecule has 4 heteroatoms. The minimum atomic E-state index is -0.355. The van der Waals surface area contributed by atoms with Crippen LogP contribution in [0.5, 0.6) is 0 Å². The molecule has 0 saturated carbocycles. The Bertz CT molecular complexity index is 184. The molecule has 0 amide bonds. The molecule has 1 aliphatic rings. The van der Waals surface area contributed by atoms with Crippen molar-refractivity contribution in [3.63, 3.8) is 0 Å². The van der Waals surface area contributed by atoms with Crippen molar-refractivity contribution >= 4 is 0 Å². The molecule has 0 aromatic heterocycles. The molecule has 2 unspecified atom stereocenters. The van der Waals surface area contributed by atoms with Gasteiger partial charge in [0.25, 0.3) is 0 Å². The molecule has 1 heterocycles. The first-order valence-electron chi connectivity index (χ1n) is 6.95. The standard InChI is InChI=1S/C13H28N2O2/c1-3-15(10-13(16)11-17-4-2)9-12-6-5-7-14-8-12/h12-14,16H,3-11H2,1-2H3. The summed E-state index contributed by atoms with van der Waals surface area (Å²) >= 11 is 0. The topological polar surface area (TPSA) is 44.7 Å². The monoisotopic (exact) mass is 244 g/mol. The van der Waals surface area contributed by atoms with Gasteiger partial charge in [-0.25, -0.2) is 0 Å². The maximum atomic E-state index is 9.83. The highest BCUT2D eigenvalue weighted by molar-refractivity contribution is 4.74. The number of hydrogen-bond donors (Lipinski definition) is 2. The van der Waals surface area contributed by atoms with Crippen LogP contribution in [0, 0.1) is 5.92 Å². The summed E-state index contributed by atoms with van der Waals surface area (Å²) in [5, 5.41) is 13.3. The fourth-order valence-electron chi connectivity index (χ4n) is 2.38. The number of rotatable bonds is 8. The largest absolute Gasteiger partial charge is 0.389 e. The number of ether oxygens (including phenoxy) is 1. The van der Waals surface area contributed by atoms with E-state index in [1.807, 2.05) is 6.92 Å². The zero-order valence-corrected chi connectivity index (χ0v) is 11.3. The minimum absolute atomic E-state index is 0.355. The van der Waals surface area contributed by atoms with Crippen molar-refractivity contribution in [1.29, 1.82) is 0 Å². The van der Waals surface area contributed by atoms with Crippen LogP contribution >= 0.6 is 0 Å². The molecule has 1 saturated heterocycles. The number of piperidine rings is 1. The zero-order valence-electron chi connectivity index (χ0n) is 11.3. The molecule has 1 rings (SSSR count). The zero-order chi connectivity index (χ0) is 12.5. The first kappa shape index (κ1) is 14.9. The summed E-state index contributed by atoms with van der Waals surface area (Å²) in [6.45, 7) is 10.3. The van der Waals surface area contributed by atoms with E-state index in [4.69, 9.17) is 4.74 Å². The molecule has 0 spiro atoms. The third-order valence-electron chi connectivity index (χ3n) is 3.35. The molecule has 2 atom stereocenters. The van der Waals surface area contributed by atoms with E-state index in [-0.39, 0.29) is 6.10 Å². The number of aliphatic hydroxyl groups is 1. The number of hydrogen-bond acceptors (Lipinski definition) is 4. The Kier molecular flexibility index (Phi) is 7.77. The van der Waals surface area contributed by atoms with E-state index in [0.717, 1.165) is 38.6 Å². The van der Waals surface area contributed by atoms with Gasteiger partial charge in [0.15, 0.2) is 0 Å². The van der Waals surface area contributed by atoms with E-state index >= 15 is 0 Å². The van der Waals surface area contributed by atoms with Gasteiger partial charge in [-0.2, -0.15) is 0 Å². The predicted octanol–water partition coefficient (Wildman–Crippen LogP) is 0.705. The Balaban J connectivity index is 2.21. The van der Waals surface area contributed by atoms with Gasteiger partial charge in [-0.1, -0.05) is 6.92 Å². The molecule has 0 radical (unpaired) electrons. The molecular formula is C13H28N2O2. The lowest BCUT2D eigenvalue weighted by atomic mass is 9.99. The van der Waals surface area contributed by atoms with Gasteiger partial charge in [0, 0.05) is 19.7 Å². The molecule has 0 bridgehead atoms. The van der Waals surface area contributed by atoms with Crippen LogP contribution in [0.4, 0.5) is 0 Å². The fourth-order valence-corrected chi connectivity index (χ4v) is 2.38. The van der Waals surface area contributed by atoms with Crippen LogP contribution < -0.4 is 5.32 Å². The fraction of sp³-hybridized carbons (Fsp3) is 1.00. The third kappa shape index (κ3) is 6.36. The molecule has 1 aliphatic heterocycles. The number of nitrogens with one attached hydrogen (secondary N) is 1. The van der Waals surface area contributed by atoms with Crippen LogP contribution in [0.25, 0.3) is 0 Å². The predicted molar refractivity (Wildman–Crippen MR) is 70.2 cm³/mol. The molecular weight excluding hydrogens is 216 g/mol. The first-order chi connectivity index (χ1) is 8.26. The van der Waals surface area contributed by atoms with Crippen LogP contribution in [0.3, 0.4) is 0 Å². The van der Waals surface area contributed by atoms with Crippen LogP contribution in [0.1, 0.15) is 26.7 Å². The number of likely N-dealkylation sites (N-methyl/N-ethyl adjacent to an activating group) is 1. The second-order valence-electron chi connectivity index (χ2n) is 4.88. The highest BCUT2D eigenvalue weighted by Gasteiger charge is 2.18. The minimum Gasteiger partial charge on any atom is -0.389 e.